The lowest BCUT2D eigenvalue weighted by atomic mass is 9.90. The molecule has 1 aliphatic carbocycles. The summed E-state index contributed by atoms with van der Waals surface area (Å²) in [5.74, 6) is -2.54. The number of nitrogens with one attached hydrogen (secondary N) is 1. The lowest BCUT2D eigenvalue weighted by molar-refractivity contribution is -0.161. The van der Waals surface area contributed by atoms with E-state index in [0.717, 1.165) is 30.4 Å². The van der Waals surface area contributed by atoms with Crippen LogP contribution in [-0.2, 0) is 28.0 Å². The molecule has 182 valence electrons. The molecule has 2 aromatic carbocycles. The molecule has 0 bridgehead atoms. The third kappa shape index (κ3) is 5.94. The zero-order chi connectivity index (χ0) is 24.9. The van der Waals surface area contributed by atoms with Crippen molar-refractivity contribution in [1.29, 1.82) is 0 Å². The highest BCUT2D eigenvalue weighted by molar-refractivity contribution is 5.82. The number of nitrogens with zero attached hydrogens (tertiary/aromatic N) is 1. The van der Waals surface area contributed by atoms with E-state index in [2.05, 4.69) is 5.32 Å². The summed E-state index contributed by atoms with van der Waals surface area (Å²) in [5, 5.41) is 33.4. The highest BCUT2D eigenvalue weighted by atomic mass is 16.4. The minimum atomic E-state index is -2.31. The Bertz CT molecular complexity index is 1040. The van der Waals surface area contributed by atoms with Crippen LogP contribution in [-0.4, -0.2) is 51.3 Å². The molecule has 0 saturated heterocycles. The van der Waals surface area contributed by atoms with Gasteiger partial charge < -0.3 is 25.5 Å². The molecule has 0 heterocycles. The standard InChI is InChI=1S/C26H32N2O6/c1-17(2)15-28(25(33)27-22(14-23(29)30)19-7-4-3-5-8-19)16-26(34,24(31)32)21-12-11-18-9-6-10-20(18)13-21/h3-5,7-8,11-13,17,22,34H,6,9-10,14-16H2,1-2H3,(H,27,33)(H,29,30)(H,31,32). The highest BCUT2D eigenvalue weighted by Gasteiger charge is 2.42. The predicted octanol–water partition coefficient (Wildman–Crippen LogP) is 3.33. The Kier molecular flexibility index (Phi) is 7.94. The number of carboxylic acid groups (broad SMARTS) is 2. The van der Waals surface area contributed by atoms with Crippen molar-refractivity contribution >= 4 is 18.0 Å². The minimum Gasteiger partial charge on any atom is -0.481 e. The summed E-state index contributed by atoms with van der Waals surface area (Å²) in [4.78, 5) is 38.2. The van der Waals surface area contributed by atoms with Crippen LogP contribution in [0.4, 0.5) is 4.79 Å². The molecule has 2 unspecified atom stereocenters. The van der Waals surface area contributed by atoms with Gasteiger partial charge in [-0.1, -0.05) is 62.4 Å². The predicted molar refractivity (Wildman–Crippen MR) is 126 cm³/mol. The van der Waals surface area contributed by atoms with E-state index in [1.54, 1.807) is 42.5 Å². The Labute approximate surface area is 199 Å². The summed E-state index contributed by atoms with van der Waals surface area (Å²) in [6.07, 6.45) is 2.40. The van der Waals surface area contributed by atoms with Crippen LogP contribution in [0.1, 0.15) is 55.0 Å². The molecule has 0 aliphatic heterocycles. The third-order valence-corrected chi connectivity index (χ3v) is 6.10. The van der Waals surface area contributed by atoms with E-state index in [1.165, 1.54) is 4.90 Å². The molecule has 8 heteroatoms. The number of amides is 2. The Balaban J connectivity index is 1.89. The summed E-state index contributed by atoms with van der Waals surface area (Å²) in [6.45, 7) is 3.46. The van der Waals surface area contributed by atoms with E-state index in [1.807, 2.05) is 19.9 Å². The number of hydrogen-bond acceptors (Lipinski definition) is 4. The average molecular weight is 469 g/mol. The van der Waals surface area contributed by atoms with E-state index < -0.39 is 36.2 Å². The smallest absolute Gasteiger partial charge is 0.342 e. The number of carbonyl (C=O) groups excluding carboxylic acids is 1. The van der Waals surface area contributed by atoms with E-state index >= 15 is 0 Å². The first-order valence-corrected chi connectivity index (χ1v) is 11.5. The van der Waals surface area contributed by atoms with Crippen molar-refractivity contribution in [3.05, 3.63) is 70.8 Å². The number of aliphatic hydroxyl groups is 1. The van der Waals surface area contributed by atoms with Crippen LogP contribution >= 0.6 is 0 Å². The minimum absolute atomic E-state index is 0.0153. The monoisotopic (exact) mass is 468 g/mol. The topological polar surface area (TPSA) is 127 Å². The second kappa shape index (κ2) is 10.7. The molecule has 8 nitrogen and oxygen atoms in total. The number of carbonyl (C=O) groups is 3. The lowest BCUT2D eigenvalue weighted by Gasteiger charge is -2.34. The van der Waals surface area contributed by atoms with Gasteiger partial charge in [0.05, 0.1) is 19.0 Å². The van der Waals surface area contributed by atoms with Crippen LogP contribution in [0.25, 0.3) is 0 Å². The van der Waals surface area contributed by atoms with Gasteiger partial charge >= 0.3 is 18.0 Å². The van der Waals surface area contributed by atoms with Gasteiger partial charge in [-0.15, -0.1) is 0 Å². The van der Waals surface area contributed by atoms with E-state index in [4.69, 9.17) is 0 Å². The van der Waals surface area contributed by atoms with Gasteiger partial charge in [0, 0.05) is 6.54 Å². The number of carboxylic acids is 2. The van der Waals surface area contributed by atoms with Gasteiger partial charge in [0.1, 0.15) is 0 Å². The molecule has 0 spiro atoms. The number of fused-ring (bicyclic) bond motifs is 1. The maximum atomic E-state index is 13.3. The third-order valence-electron chi connectivity index (χ3n) is 6.10. The fourth-order valence-electron chi connectivity index (χ4n) is 4.40. The van der Waals surface area contributed by atoms with Gasteiger partial charge in [-0.25, -0.2) is 9.59 Å². The van der Waals surface area contributed by atoms with Crippen molar-refractivity contribution in [3.63, 3.8) is 0 Å². The van der Waals surface area contributed by atoms with Crippen molar-refractivity contribution in [2.24, 2.45) is 5.92 Å². The van der Waals surface area contributed by atoms with Gasteiger partial charge in [0.25, 0.3) is 0 Å². The maximum Gasteiger partial charge on any atom is 0.342 e. The van der Waals surface area contributed by atoms with Crippen molar-refractivity contribution in [3.8, 4) is 0 Å². The molecule has 0 saturated carbocycles. The number of hydrogen-bond donors (Lipinski definition) is 4. The average Bonchev–Trinajstić information content (AvgIpc) is 3.26. The van der Waals surface area contributed by atoms with Gasteiger partial charge in [0.2, 0.25) is 5.60 Å². The zero-order valence-corrected chi connectivity index (χ0v) is 19.5. The maximum absolute atomic E-state index is 13.3. The van der Waals surface area contributed by atoms with Crippen molar-refractivity contribution in [1.82, 2.24) is 10.2 Å². The molecule has 1 aliphatic rings. The Morgan fingerprint density at radius 1 is 1.03 bits per heavy atom. The molecule has 34 heavy (non-hydrogen) atoms. The fourth-order valence-corrected chi connectivity index (χ4v) is 4.40. The van der Waals surface area contributed by atoms with E-state index in [-0.39, 0.29) is 24.4 Å². The molecule has 2 amide bonds. The van der Waals surface area contributed by atoms with Crippen LogP contribution in [0.15, 0.2) is 48.5 Å². The van der Waals surface area contributed by atoms with Crippen LogP contribution in [0.3, 0.4) is 0 Å². The van der Waals surface area contributed by atoms with Gasteiger partial charge in [-0.05, 0) is 47.4 Å². The summed E-state index contributed by atoms with van der Waals surface area (Å²) >= 11 is 0. The number of benzene rings is 2. The summed E-state index contributed by atoms with van der Waals surface area (Å²) in [6, 6.07) is 12.5. The van der Waals surface area contributed by atoms with Crippen LogP contribution < -0.4 is 5.32 Å². The first-order chi connectivity index (χ1) is 16.1. The summed E-state index contributed by atoms with van der Waals surface area (Å²) in [7, 11) is 0. The van der Waals surface area contributed by atoms with Gasteiger partial charge in [-0.3, -0.25) is 4.79 Å². The summed E-state index contributed by atoms with van der Waals surface area (Å²) in [5.41, 5.74) is 0.705. The molecule has 3 rings (SSSR count). The lowest BCUT2D eigenvalue weighted by Crippen LogP contribution is -2.52. The van der Waals surface area contributed by atoms with Crippen LogP contribution in [0, 0.1) is 5.92 Å². The number of urea groups is 1. The molecule has 0 fully saturated rings. The Morgan fingerprint density at radius 2 is 1.71 bits per heavy atom. The molecule has 0 radical (unpaired) electrons. The molecular formula is C26H32N2O6. The van der Waals surface area contributed by atoms with Crippen LogP contribution in [0.5, 0.6) is 0 Å². The molecular weight excluding hydrogens is 436 g/mol. The van der Waals surface area contributed by atoms with Crippen molar-refractivity contribution in [2.75, 3.05) is 13.1 Å². The molecule has 2 atom stereocenters. The number of rotatable bonds is 10. The van der Waals surface area contributed by atoms with Crippen molar-refractivity contribution < 1.29 is 29.7 Å². The Hall–Kier alpha value is -3.39. The normalized spacial score (nSPS) is 15.3. The largest absolute Gasteiger partial charge is 0.481 e. The molecule has 0 aromatic heterocycles. The zero-order valence-electron chi connectivity index (χ0n) is 19.5. The van der Waals surface area contributed by atoms with Gasteiger partial charge in [-0.2, -0.15) is 0 Å². The second-order valence-electron chi connectivity index (χ2n) is 9.29. The SMILES string of the molecule is CC(C)CN(CC(O)(C(=O)O)c1ccc2c(c1)CCC2)C(=O)NC(CC(=O)O)c1ccccc1. The first kappa shape index (κ1) is 25.2. The Morgan fingerprint density at radius 3 is 2.32 bits per heavy atom. The van der Waals surface area contributed by atoms with E-state index in [0.29, 0.717) is 5.56 Å². The van der Waals surface area contributed by atoms with E-state index in [9.17, 15) is 29.7 Å². The highest BCUT2D eigenvalue weighted by Crippen LogP contribution is 2.30. The number of aliphatic carboxylic acids is 2. The van der Waals surface area contributed by atoms with Crippen LogP contribution in [0.2, 0.25) is 0 Å². The quantitative estimate of drug-likeness (QED) is 0.424. The van der Waals surface area contributed by atoms with Crippen molar-refractivity contribution in [2.45, 2.75) is 51.2 Å². The van der Waals surface area contributed by atoms with Gasteiger partial charge in [0.15, 0.2) is 0 Å². The number of aryl methyl sites for hydroxylation is 2. The second-order valence-corrected chi connectivity index (χ2v) is 9.29. The molecule has 4 N–H and O–H groups in total. The summed E-state index contributed by atoms with van der Waals surface area (Å²) < 4.78 is 0. The fraction of sp³-hybridized carbons (Fsp3) is 0.423. The first-order valence-electron chi connectivity index (χ1n) is 11.5. The molecule has 2 aromatic rings.